The van der Waals surface area contributed by atoms with Crippen molar-refractivity contribution in [3.63, 3.8) is 0 Å². The maximum atomic E-state index is 13.2. The van der Waals surface area contributed by atoms with Crippen LogP contribution in [0.1, 0.15) is 30.8 Å². The summed E-state index contributed by atoms with van der Waals surface area (Å²) in [6.45, 7) is 11.4. The first kappa shape index (κ1) is 19.9. The number of benzene rings is 1. The van der Waals surface area contributed by atoms with Gasteiger partial charge in [-0.3, -0.25) is 9.67 Å². The Morgan fingerprint density at radius 1 is 1.27 bits per heavy atom. The first-order valence-electron chi connectivity index (χ1n) is 9.25. The SMILES string of the molecule is CCNC(=NCC(C)Cn1nc(C)cc1C)NCCc1cccc(F)c1. The molecule has 0 radical (unpaired) electrons. The molecule has 1 atom stereocenters. The predicted molar refractivity (Wildman–Crippen MR) is 105 cm³/mol. The molecule has 0 saturated carbocycles. The second-order valence-corrected chi connectivity index (χ2v) is 6.74. The second-order valence-electron chi connectivity index (χ2n) is 6.74. The summed E-state index contributed by atoms with van der Waals surface area (Å²) in [6.07, 6.45) is 0.753. The van der Waals surface area contributed by atoms with Gasteiger partial charge in [-0.15, -0.1) is 0 Å². The van der Waals surface area contributed by atoms with Crippen molar-refractivity contribution in [2.75, 3.05) is 19.6 Å². The molecule has 2 rings (SSSR count). The summed E-state index contributed by atoms with van der Waals surface area (Å²) in [5.74, 6) is 0.983. The van der Waals surface area contributed by atoms with Crippen LogP contribution >= 0.6 is 0 Å². The molecule has 0 fully saturated rings. The van der Waals surface area contributed by atoms with Gasteiger partial charge in [0.25, 0.3) is 0 Å². The summed E-state index contributed by atoms with van der Waals surface area (Å²) in [5.41, 5.74) is 3.20. The molecule has 0 bridgehead atoms. The van der Waals surface area contributed by atoms with E-state index in [1.807, 2.05) is 24.6 Å². The smallest absolute Gasteiger partial charge is 0.191 e. The number of aliphatic imine (C=N–C) groups is 1. The van der Waals surface area contributed by atoms with E-state index in [2.05, 4.69) is 40.6 Å². The van der Waals surface area contributed by atoms with Gasteiger partial charge in [0.15, 0.2) is 5.96 Å². The lowest BCUT2D eigenvalue weighted by atomic mass is 10.1. The molecule has 0 aliphatic heterocycles. The van der Waals surface area contributed by atoms with E-state index in [9.17, 15) is 4.39 Å². The van der Waals surface area contributed by atoms with Crippen molar-refractivity contribution in [3.8, 4) is 0 Å². The maximum Gasteiger partial charge on any atom is 0.191 e. The molecule has 5 nitrogen and oxygen atoms in total. The maximum absolute atomic E-state index is 13.2. The number of rotatable bonds is 8. The van der Waals surface area contributed by atoms with Crippen LogP contribution in [0.15, 0.2) is 35.3 Å². The van der Waals surface area contributed by atoms with Gasteiger partial charge in [0, 0.05) is 31.9 Å². The molecule has 26 heavy (non-hydrogen) atoms. The molecule has 0 spiro atoms. The van der Waals surface area contributed by atoms with E-state index >= 15 is 0 Å². The number of halogens is 1. The Hall–Kier alpha value is -2.37. The lowest BCUT2D eigenvalue weighted by Gasteiger charge is -2.14. The molecule has 142 valence electrons. The van der Waals surface area contributed by atoms with Gasteiger partial charge in [-0.25, -0.2) is 4.39 Å². The number of nitrogens with one attached hydrogen (secondary N) is 2. The van der Waals surface area contributed by atoms with Gasteiger partial charge >= 0.3 is 0 Å². The van der Waals surface area contributed by atoms with Gasteiger partial charge < -0.3 is 10.6 Å². The molecular weight excluding hydrogens is 329 g/mol. The molecule has 0 saturated heterocycles. The van der Waals surface area contributed by atoms with E-state index in [1.54, 1.807) is 12.1 Å². The largest absolute Gasteiger partial charge is 0.357 e. The van der Waals surface area contributed by atoms with Gasteiger partial charge in [-0.1, -0.05) is 19.1 Å². The number of guanidine groups is 1. The van der Waals surface area contributed by atoms with Gasteiger partial charge in [0.1, 0.15) is 5.82 Å². The molecule has 0 amide bonds. The van der Waals surface area contributed by atoms with Crippen molar-refractivity contribution in [1.82, 2.24) is 20.4 Å². The van der Waals surface area contributed by atoms with Gasteiger partial charge in [-0.05, 0) is 56.9 Å². The minimum Gasteiger partial charge on any atom is -0.357 e. The number of aryl methyl sites for hydroxylation is 2. The van der Waals surface area contributed by atoms with Crippen molar-refractivity contribution < 1.29 is 4.39 Å². The van der Waals surface area contributed by atoms with Crippen LogP contribution in [0, 0.1) is 25.6 Å². The third kappa shape index (κ3) is 6.50. The van der Waals surface area contributed by atoms with Crippen LogP contribution in [-0.4, -0.2) is 35.4 Å². The predicted octanol–water partition coefficient (Wildman–Crippen LogP) is 3.07. The third-order valence-corrected chi connectivity index (χ3v) is 4.09. The Bertz CT molecular complexity index is 723. The summed E-state index contributed by atoms with van der Waals surface area (Å²) in [5, 5.41) is 11.1. The molecule has 1 aromatic carbocycles. The van der Waals surface area contributed by atoms with Gasteiger partial charge in [0.05, 0.1) is 5.69 Å². The summed E-state index contributed by atoms with van der Waals surface area (Å²) < 4.78 is 15.3. The van der Waals surface area contributed by atoms with Crippen LogP contribution in [0.4, 0.5) is 4.39 Å². The topological polar surface area (TPSA) is 54.2 Å². The quantitative estimate of drug-likeness (QED) is 0.563. The first-order chi connectivity index (χ1) is 12.5. The molecule has 2 aromatic rings. The van der Waals surface area contributed by atoms with E-state index in [1.165, 1.54) is 11.8 Å². The lowest BCUT2D eigenvalue weighted by molar-refractivity contribution is 0.449. The fourth-order valence-electron chi connectivity index (χ4n) is 2.82. The lowest BCUT2D eigenvalue weighted by Crippen LogP contribution is -2.38. The fraction of sp³-hybridized carbons (Fsp3) is 0.500. The van der Waals surface area contributed by atoms with Gasteiger partial charge in [-0.2, -0.15) is 5.10 Å². The molecule has 0 aliphatic rings. The van der Waals surface area contributed by atoms with Crippen molar-refractivity contribution in [3.05, 3.63) is 53.1 Å². The Morgan fingerprint density at radius 3 is 2.73 bits per heavy atom. The standard InChI is InChI=1S/C20H30FN5/c1-5-22-20(23-10-9-18-7-6-8-19(21)12-18)24-13-15(2)14-26-17(4)11-16(3)25-26/h6-8,11-12,15H,5,9-10,13-14H2,1-4H3,(H2,22,23,24). The zero-order valence-corrected chi connectivity index (χ0v) is 16.2. The van der Waals surface area contributed by atoms with Crippen LogP contribution in [-0.2, 0) is 13.0 Å². The first-order valence-corrected chi connectivity index (χ1v) is 9.25. The molecule has 1 heterocycles. The highest BCUT2D eigenvalue weighted by Gasteiger charge is 2.07. The molecule has 1 unspecified atom stereocenters. The molecule has 6 heteroatoms. The number of hydrogen-bond acceptors (Lipinski definition) is 2. The van der Waals surface area contributed by atoms with Crippen LogP contribution in [0.3, 0.4) is 0 Å². The summed E-state index contributed by atoms with van der Waals surface area (Å²) in [4.78, 5) is 4.67. The highest BCUT2D eigenvalue weighted by molar-refractivity contribution is 5.79. The minimum atomic E-state index is -0.193. The average molecular weight is 359 g/mol. The van der Waals surface area contributed by atoms with Crippen LogP contribution in [0.25, 0.3) is 0 Å². The second kappa shape index (κ2) is 9.94. The fourth-order valence-corrected chi connectivity index (χ4v) is 2.82. The van der Waals surface area contributed by atoms with Crippen molar-refractivity contribution >= 4 is 5.96 Å². The van der Waals surface area contributed by atoms with E-state index < -0.39 is 0 Å². The van der Waals surface area contributed by atoms with E-state index in [0.29, 0.717) is 19.0 Å². The molecule has 0 aliphatic carbocycles. The normalized spacial score (nSPS) is 12.9. The highest BCUT2D eigenvalue weighted by atomic mass is 19.1. The third-order valence-electron chi connectivity index (χ3n) is 4.09. The summed E-state index contributed by atoms with van der Waals surface area (Å²) >= 11 is 0. The summed E-state index contributed by atoms with van der Waals surface area (Å²) in [6, 6.07) is 8.80. The van der Waals surface area contributed by atoms with Crippen LogP contribution in [0.5, 0.6) is 0 Å². The number of nitrogens with zero attached hydrogens (tertiary/aromatic N) is 3. The van der Waals surface area contributed by atoms with Crippen molar-refractivity contribution in [2.24, 2.45) is 10.9 Å². The molecule has 2 N–H and O–H groups in total. The Kier molecular flexibility index (Phi) is 7.63. The molecule has 1 aromatic heterocycles. The Labute approximate surface area is 155 Å². The monoisotopic (exact) mass is 359 g/mol. The van der Waals surface area contributed by atoms with E-state index in [-0.39, 0.29) is 5.82 Å². The highest BCUT2D eigenvalue weighted by Crippen LogP contribution is 2.07. The van der Waals surface area contributed by atoms with E-state index in [0.717, 1.165) is 36.7 Å². The van der Waals surface area contributed by atoms with Crippen LogP contribution < -0.4 is 10.6 Å². The number of aromatic nitrogens is 2. The van der Waals surface area contributed by atoms with E-state index in [4.69, 9.17) is 0 Å². The zero-order chi connectivity index (χ0) is 18.9. The Morgan fingerprint density at radius 2 is 2.08 bits per heavy atom. The molecular formula is C20H30FN5. The minimum absolute atomic E-state index is 0.193. The van der Waals surface area contributed by atoms with Gasteiger partial charge in [0.2, 0.25) is 0 Å². The Balaban J connectivity index is 1.84. The van der Waals surface area contributed by atoms with Crippen molar-refractivity contribution in [1.29, 1.82) is 0 Å². The van der Waals surface area contributed by atoms with Crippen molar-refractivity contribution in [2.45, 2.75) is 40.7 Å². The van der Waals surface area contributed by atoms with Crippen LogP contribution in [0.2, 0.25) is 0 Å². The zero-order valence-electron chi connectivity index (χ0n) is 16.2. The average Bonchev–Trinajstić information content (AvgIpc) is 2.90. The number of hydrogen-bond donors (Lipinski definition) is 2. The summed E-state index contributed by atoms with van der Waals surface area (Å²) in [7, 11) is 0.